The Kier molecular flexibility index (Phi) is 9.26. The first kappa shape index (κ1) is 29.1. The fraction of sp³-hybridized carbons (Fsp3) is 0.308. The van der Waals surface area contributed by atoms with Gasteiger partial charge in [0, 0.05) is 23.6 Å². The number of aromatic nitrogens is 2. The Morgan fingerprint density at radius 3 is 2.38 bits per heavy atom. The second-order valence-electron chi connectivity index (χ2n) is 8.75. The van der Waals surface area contributed by atoms with Crippen LogP contribution in [0, 0.1) is 23.1 Å². The quantitative estimate of drug-likeness (QED) is 0.395. The molecule has 0 unspecified atom stereocenters. The molecule has 3 aromatic rings. The number of methoxy groups -OCH3 is 1. The summed E-state index contributed by atoms with van der Waals surface area (Å²) in [6.45, 7) is 0. The van der Waals surface area contributed by atoms with Crippen LogP contribution in [0.4, 0.5) is 23.4 Å². The van der Waals surface area contributed by atoms with Crippen LogP contribution in [0.1, 0.15) is 31.2 Å². The highest BCUT2D eigenvalue weighted by Gasteiger charge is 2.38. The van der Waals surface area contributed by atoms with Gasteiger partial charge < -0.3 is 20.9 Å². The van der Waals surface area contributed by atoms with Crippen molar-refractivity contribution in [3.63, 3.8) is 0 Å². The molecule has 1 aromatic heterocycles. The summed E-state index contributed by atoms with van der Waals surface area (Å²) in [5.74, 6) is -2.58. The molecule has 0 saturated heterocycles. The molecular formula is C26H25F4N5O4. The summed E-state index contributed by atoms with van der Waals surface area (Å²) < 4.78 is 52.9. The van der Waals surface area contributed by atoms with Crippen molar-refractivity contribution < 1.29 is 37.0 Å². The highest BCUT2D eigenvalue weighted by atomic mass is 19.4. The smallest absolute Gasteiger partial charge is 0.490 e. The zero-order chi connectivity index (χ0) is 28.7. The number of rotatable bonds is 5. The minimum Gasteiger partial charge on any atom is -0.497 e. The van der Waals surface area contributed by atoms with E-state index >= 15 is 0 Å². The minimum absolute atomic E-state index is 0.0357. The van der Waals surface area contributed by atoms with Gasteiger partial charge in [-0.15, -0.1) is 5.10 Å². The molecule has 1 saturated carbocycles. The Hall–Kier alpha value is -4.44. The summed E-state index contributed by atoms with van der Waals surface area (Å²) in [5.41, 5.74) is 7.82. The third kappa shape index (κ3) is 7.55. The number of carboxylic acid groups (broad SMARTS) is 1. The first-order valence-corrected chi connectivity index (χ1v) is 11.7. The van der Waals surface area contributed by atoms with Crippen LogP contribution in [-0.4, -0.2) is 46.1 Å². The molecule has 1 aliphatic rings. The molecule has 1 aliphatic carbocycles. The van der Waals surface area contributed by atoms with Crippen LogP contribution in [0.15, 0.2) is 48.5 Å². The van der Waals surface area contributed by atoms with Crippen molar-refractivity contribution in [2.24, 2.45) is 11.7 Å². The number of amides is 1. The van der Waals surface area contributed by atoms with Gasteiger partial charge in [0.2, 0.25) is 5.91 Å². The number of alkyl halides is 3. The maximum atomic E-state index is 14.3. The number of benzene rings is 2. The van der Waals surface area contributed by atoms with Crippen molar-refractivity contribution in [3.05, 3.63) is 59.9 Å². The number of aliphatic carboxylic acids is 1. The van der Waals surface area contributed by atoms with Crippen LogP contribution in [0.3, 0.4) is 0 Å². The van der Waals surface area contributed by atoms with Gasteiger partial charge in [-0.2, -0.15) is 18.4 Å². The number of carbonyl (C=O) groups excluding carboxylic acids is 1. The Morgan fingerprint density at radius 2 is 1.85 bits per heavy atom. The van der Waals surface area contributed by atoms with E-state index in [4.69, 9.17) is 25.6 Å². The van der Waals surface area contributed by atoms with Crippen molar-refractivity contribution in [2.75, 3.05) is 12.4 Å². The molecule has 2 aromatic carbocycles. The van der Waals surface area contributed by atoms with Crippen molar-refractivity contribution in [1.29, 1.82) is 5.26 Å². The average molecular weight is 548 g/mol. The Balaban J connectivity index is 0.000000532. The largest absolute Gasteiger partial charge is 0.497 e. The summed E-state index contributed by atoms with van der Waals surface area (Å²) in [6, 6.07) is 15.2. The molecule has 0 aliphatic heterocycles. The summed E-state index contributed by atoms with van der Waals surface area (Å²) >= 11 is 0. The predicted molar refractivity (Wildman–Crippen MR) is 132 cm³/mol. The number of carbonyl (C=O) groups is 2. The molecule has 13 heteroatoms. The van der Waals surface area contributed by atoms with Gasteiger partial charge in [0.05, 0.1) is 24.1 Å². The molecule has 206 valence electrons. The highest BCUT2D eigenvalue weighted by Crippen LogP contribution is 2.30. The fourth-order valence-electron chi connectivity index (χ4n) is 4.03. The maximum absolute atomic E-state index is 14.3. The van der Waals surface area contributed by atoms with Crippen LogP contribution in [0.25, 0.3) is 16.9 Å². The Bertz CT molecular complexity index is 1370. The summed E-state index contributed by atoms with van der Waals surface area (Å²) in [4.78, 5) is 21.7. The molecule has 9 nitrogen and oxygen atoms in total. The number of carboxylic acids is 1. The Labute approximate surface area is 220 Å². The van der Waals surface area contributed by atoms with Gasteiger partial charge in [0.25, 0.3) is 0 Å². The highest BCUT2D eigenvalue weighted by molar-refractivity contribution is 5.92. The van der Waals surface area contributed by atoms with E-state index in [1.165, 1.54) is 12.1 Å². The van der Waals surface area contributed by atoms with E-state index in [0.717, 1.165) is 19.3 Å². The summed E-state index contributed by atoms with van der Waals surface area (Å²) in [6.07, 6.45) is -1.77. The minimum atomic E-state index is -5.08. The van der Waals surface area contributed by atoms with Crippen molar-refractivity contribution in [3.8, 4) is 28.8 Å². The first-order valence-electron chi connectivity index (χ1n) is 11.7. The predicted octanol–water partition coefficient (Wildman–Crippen LogP) is 4.65. The number of anilines is 1. The van der Waals surface area contributed by atoms with Crippen molar-refractivity contribution in [2.45, 2.75) is 37.9 Å². The average Bonchev–Trinajstić information content (AvgIpc) is 3.32. The van der Waals surface area contributed by atoms with Gasteiger partial charge in [-0.3, -0.25) is 4.79 Å². The van der Waals surface area contributed by atoms with Crippen LogP contribution >= 0.6 is 0 Å². The van der Waals surface area contributed by atoms with E-state index in [-0.39, 0.29) is 23.4 Å². The van der Waals surface area contributed by atoms with Gasteiger partial charge in [0.1, 0.15) is 17.6 Å². The van der Waals surface area contributed by atoms with E-state index in [2.05, 4.69) is 10.4 Å². The number of hydrogen-bond donors (Lipinski definition) is 3. The monoisotopic (exact) mass is 547 g/mol. The maximum Gasteiger partial charge on any atom is 0.490 e. The number of ether oxygens (including phenoxy) is 1. The molecule has 0 radical (unpaired) electrons. The standard InChI is InChI=1S/C24H24FN5O2.C2HF3O2/c1-32-20-9-7-19(8-10-20)30-22(15-5-6-17(14-26)21(25)12-15)13-23(29-30)28-24(31)16-3-2-4-18(27)11-16;3-2(4,5)1(6)7/h5-10,12-13,16,18H,2-4,11,27H2,1H3,(H,28,29,31);(H,6,7)/t16-,18-;/m1./s1. The van der Waals surface area contributed by atoms with Crippen molar-refractivity contribution in [1.82, 2.24) is 9.78 Å². The Morgan fingerprint density at radius 1 is 1.18 bits per heavy atom. The molecule has 2 atom stereocenters. The van der Waals surface area contributed by atoms with Crippen LogP contribution in [0.2, 0.25) is 0 Å². The second-order valence-corrected chi connectivity index (χ2v) is 8.75. The van der Waals surface area contributed by atoms with Gasteiger partial charge in [-0.05, 0) is 55.7 Å². The molecule has 0 spiro atoms. The summed E-state index contributed by atoms with van der Waals surface area (Å²) in [5, 5.41) is 23.6. The first-order chi connectivity index (χ1) is 18.4. The number of nitrogens with zero attached hydrogens (tertiary/aromatic N) is 3. The van der Waals surface area contributed by atoms with Crippen LogP contribution in [-0.2, 0) is 9.59 Å². The number of nitrogens with two attached hydrogens (primary N) is 1. The normalized spacial score (nSPS) is 16.8. The zero-order valence-electron chi connectivity index (χ0n) is 20.7. The number of nitriles is 1. The van der Waals surface area contributed by atoms with E-state index in [9.17, 15) is 22.4 Å². The van der Waals surface area contributed by atoms with Gasteiger partial charge in [0.15, 0.2) is 5.82 Å². The molecule has 1 amide bonds. The topological polar surface area (TPSA) is 143 Å². The van der Waals surface area contributed by atoms with Crippen LogP contribution in [0.5, 0.6) is 5.75 Å². The second kappa shape index (κ2) is 12.4. The molecule has 4 rings (SSSR count). The number of hydrogen-bond acceptors (Lipinski definition) is 6. The third-order valence-corrected chi connectivity index (χ3v) is 5.99. The zero-order valence-corrected chi connectivity index (χ0v) is 20.7. The van der Waals surface area contributed by atoms with Gasteiger partial charge in [-0.1, -0.05) is 12.5 Å². The molecule has 1 fully saturated rings. The van der Waals surface area contributed by atoms with E-state index in [0.29, 0.717) is 34.9 Å². The lowest BCUT2D eigenvalue weighted by molar-refractivity contribution is -0.192. The van der Waals surface area contributed by atoms with Gasteiger partial charge >= 0.3 is 12.1 Å². The third-order valence-electron chi connectivity index (χ3n) is 5.99. The summed E-state index contributed by atoms with van der Waals surface area (Å²) in [7, 11) is 1.58. The molecule has 0 bridgehead atoms. The van der Waals surface area contributed by atoms with E-state index in [1.807, 2.05) is 18.2 Å². The SMILES string of the molecule is COc1ccc(-n2nc(NC(=O)[C@@H]3CCC[C@@H](N)C3)cc2-c2ccc(C#N)c(F)c2)cc1.O=C(O)C(F)(F)F. The van der Waals surface area contributed by atoms with Crippen molar-refractivity contribution >= 4 is 17.7 Å². The number of nitrogens with one attached hydrogen (secondary N) is 1. The lowest BCUT2D eigenvalue weighted by Gasteiger charge is -2.25. The van der Waals surface area contributed by atoms with E-state index in [1.54, 1.807) is 36.1 Å². The van der Waals surface area contributed by atoms with Crippen LogP contribution < -0.4 is 15.8 Å². The molecule has 1 heterocycles. The molecular weight excluding hydrogens is 522 g/mol. The van der Waals surface area contributed by atoms with Gasteiger partial charge in [-0.25, -0.2) is 13.9 Å². The molecule has 4 N–H and O–H groups in total. The fourth-order valence-corrected chi connectivity index (χ4v) is 4.03. The lowest BCUT2D eigenvalue weighted by Crippen LogP contribution is -2.34. The van der Waals surface area contributed by atoms with E-state index < -0.39 is 18.0 Å². The number of halogens is 4. The lowest BCUT2D eigenvalue weighted by atomic mass is 9.85. The molecule has 39 heavy (non-hydrogen) atoms.